The van der Waals surface area contributed by atoms with Gasteiger partial charge in [-0.05, 0) is 32.4 Å². The normalized spacial score (nSPS) is 21.4. The summed E-state index contributed by atoms with van der Waals surface area (Å²) < 4.78 is 0. The van der Waals surface area contributed by atoms with E-state index in [2.05, 4.69) is 36.5 Å². The second-order valence-corrected chi connectivity index (χ2v) is 4.78. The molecule has 0 radical (unpaired) electrons. The van der Waals surface area contributed by atoms with Crippen molar-refractivity contribution in [1.29, 1.82) is 0 Å². The Labute approximate surface area is 103 Å². The number of rotatable bonds is 2. The first kappa shape index (κ1) is 12.1. The van der Waals surface area contributed by atoms with E-state index < -0.39 is 0 Å². The van der Waals surface area contributed by atoms with Crippen LogP contribution in [0.3, 0.4) is 0 Å². The maximum atomic E-state index is 12.1. The van der Waals surface area contributed by atoms with Gasteiger partial charge in [0, 0.05) is 13.1 Å². The van der Waals surface area contributed by atoms with E-state index >= 15 is 0 Å². The third-order valence-electron chi connectivity index (χ3n) is 3.19. The summed E-state index contributed by atoms with van der Waals surface area (Å²) in [6.07, 6.45) is 1.03. The van der Waals surface area contributed by atoms with Crippen molar-refractivity contribution in [1.82, 2.24) is 10.2 Å². The molecule has 3 nitrogen and oxygen atoms in total. The van der Waals surface area contributed by atoms with Crippen LogP contribution in [0.15, 0.2) is 24.3 Å². The average Bonchev–Trinajstić information content (AvgIpc) is 2.45. The Bertz CT molecular complexity index is 403. The summed E-state index contributed by atoms with van der Waals surface area (Å²) >= 11 is 0. The number of hydrogen-bond donors (Lipinski definition) is 1. The number of nitrogens with one attached hydrogen (secondary N) is 1. The fourth-order valence-corrected chi connectivity index (χ4v) is 2.25. The van der Waals surface area contributed by atoms with Crippen LogP contribution < -0.4 is 5.32 Å². The Balaban J connectivity index is 2.08. The predicted octanol–water partition coefficient (Wildman–Crippen LogP) is 1.71. The van der Waals surface area contributed by atoms with Crippen LogP contribution in [0, 0.1) is 6.92 Å². The van der Waals surface area contributed by atoms with Gasteiger partial charge in [-0.1, -0.05) is 29.8 Å². The van der Waals surface area contributed by atoms with Crippen LogP contribution in [0.25, 0.3) is 0 Å². The number of aryl methyl sites for hydroxylation is 1. The largest absolute Gasteiger partial charge is 0.337 e. The molecule has 0 saturated carbocycles. The molecule has 1 atom stereocenters. The first-order valence-corrected chi connectivity index (χ1v) is 6.24. The maximum absolute atomic E-state index is 12.1. The SMILES string of the molecule is Cc1cccc(CN2CCCNC(C)C2=O)c1. The molecule has 1 aliphatic rings. The molecule has 1 saturated heterocycles. The van der Waals surface area contributed by atoms with Gasteiger partial charge in [-0.25, -0.2) is 0 Å². The summed E-state index contributed by atoms with van der Waals surface area (Å²) in [5.74, 6) is 0.212. The van der Waals surface area contributed by atoms with E-state index in [0.29, 0.717) is 0 Å². The van der Waals surface area contributed by atoms with Gasteiger partial charge in [-0.3, -0.25) is 4.79 Å². The molecule has 1 amide bonds. The highest BCUT2D eigenvalue weighted by molar-refractivity contribution is 5.81. The molecule has 1 aliphatic heterocycles. The van der Waals surface area contributed by atoms with Crippen molar-refractivity contribution in [2.45, 2.75) is 32.9 Å². The zero-order valence-corrected chi connectivity index (χ0v) is 10.6. The molecular weight excluding hydrogens is 212 g/mol. The monoisotopic (exact) mass is 232 g/mol. The van der Waals surface area contributed by atoms with Crippen LogP contribution in [0.4, 0.5) is 0 Å². The Morgan fingerprint density at radius 3 is 3.06 bits per heavy atom. The van der Waals surface area contributed by atoms with Crippen LogP contribution in [-0.4, -0.2) is 29.9 Å². The van der Waals surface area contributed by atoms with Gasteiger partial charge in [0.05, 0.1) is 6.04 Å². The Hall–Kier alpha value is -1.35. The van der Waals surface area contributed by atoms with E-state index in [-0.39, 0.29) is 11.9 Å². The van der Waals surface area contributed by atoms with Crippen molar-refractivity contribution in [3.05, 3.63) is 35.4 Å². The highest BCUT2D eigenvalue weighted by Crippen LogP contribution is 2.11. The van der Waals surface area contributed by atoms with Crippen molar-refractivity contribution in [3.8, 4) is 0 Å². The molecule has 1 fully saturated rings. The highest BCUT2D eigenvalue weighted by Gasteiger charge is 2.22. The molecule has 1 aromatic carbocycles. The molecule has 1 unspecified atom stereocenters. The minimum absolute atomic E-state index is 0.0534. The molecule has 1 aromatic rings. The van der Waals surface area contributed by atoms with E-state index in [9.17, 15) is 4.79 Å². The van der Waals surface area contributed by atoms with Crippen LogP contribution in [0.5, 0.6) is 0 Å². The van der Waals surface area contributed by atoms with E-state index in [1.165, 1.54) is 11.1 Å². The highest BCUT2D eigenvalue weighted by atomic mass is 16.2. The van der Waals surface area contributed by atoms with Gasteiger partial charge in [-0.2, -0.15) is 0 Å². The maximum Gasteiger partial charge on any atom is 0.239 e. The predicted molar refractivity (Wildman–Crippen MR) is 68.7 cm³/mol. The standard InChI is InChI=1S/C14H20N2O/c1-11-5-3-6-13(9-11)10-16-8-4-7-15-12(2)14(16)17/h3,5-6,9,12,15H,4,7-8,10H2,1-2H3. The lowest BCUT2D eigenvalue weighted by Gasteiger charge is -2.22. The Morgan fingerprint density at radius 2 is 2.29 bits per heavy atom. The summed E-state index contributed by atoms with van der Waals surface area (Å²) in [5.41, 5.74) is 2.46. The lowest BCUT2D eigenvalue weighted by atomic mass is 10.1. The molecule has 3 heteroatoms. The van der Waals surface area contributed by atoms with Crippen molar-refractivity contribution in [2.75, 3.05) is 13.1 Å². The molecule has 0 aromatic heterocycles. The lowest BCUT2D eigenvalue weighted by molar-refractivity contribution is -0.132. The van der Waals surface area contributed by atoms with Crippen molar-refractivity contribution in [3.63, 3.8) is 0 Å². The van der Waals surface area contributed by atoms with Crippen molar-refractivity contribution >= 4 is 5.91 Å². The van der Waals surface area contributed by atoms with E-state index in [0.717, 1.165) is 26.1 Å². The van der Waals surface area contributed by atoms with Gasteiger partial charge in [0.2, 0.25) is 5.91 Å². The topological polar surface area (TPSA) is 32.3 Å². The van der Waals surface area contributed by atoms with Crippen LogP contribution >= 0.6 is 0 Å². The number of carbonyl (C=O) groups excluding carboxylic acids is 1. The summed E-state index contributed by atoms with van der Waals surface area (Å²) in [5, 5.41) is 3.23. The van der Waals surface area contributed by atoms with E-state index in [1.54, 1.807) is 0 Å². The van der Waals surface area contributed by atoms with Gasteiger partial charge in [0.1, 0.15) is 0 Å². The van der Waals surface area contributed by atoms with Crippen LogP contribution in [0.2, 0.25) is 0 Å². The van der Waals surface area contributed by atoms with Gasteiger partial charge in [0.15, 0.2) is 0 Å². The Morgan fingerprint density at radius 1 is 1.47 bits per heavy atom. The minimum atomic E-state index is -0.0534. The van der Waals surface area contributed by atoms with Gasteiger partial charge < -0.3 is 10.2 Å². The van der Waals surface area contributed by atoms with Crippen molar-refractivity contribution < 1.29 is 4.79 Å². The summed E-state index contributed by atoms with van der Waals surface area (Å²) in [7, 11) is 0. The van der Waals surface area contributed by atoms with Gasteiger partial charge in [0.25, 0.3) is 0 Å². The first-order valence-electron chi connectivity index (χ1n) is 6.24. The molecule has 0 aliphatic carbocycles. The third kappa shape index (κ3) is 3.07. The molecular formula is C14H20N2O. The van der Waals surface area contributed by atoms with Crippen LogP contribution in [0.1, 0.15) is 24.5 Å². The summed E-state index contributed by atoms with van der Waals surface area (Å²) in [4.78, 5) is 14.1. The number of amides is 1. The molecule has 0 bridgehead atoms. The molecule has 1 heterocycles. The first-order chi connectivity index (χ1) is 8.16. The number of benzene rings is 1. The Kier molecular flexibility index (Phi) is 3.79. The van der Waals surface area contributed by atoms with Gasteiger partial charge in [-0.15, -0.1) is 0 Å². The van der Waals surface area contributed by atoms with E-state index in [1.807, 2.05) is 11.8 Å². The third-order valence-corrected chi connectivity index (χ3v) is 3.19. The van der Waals surface area contributed by atoms with E-state index in [4.69, 9.17) is 0 Å². The number of hydrogen-bond acceptors (Lipinski definition) is 2. The molecule has 0 spiro atoms. The minimum Gasteiger partial charge on any atom is -0.337 e. The summed E-state index contributed by atoms with van der Waals surface area (Å²) in [6, 6.07) is 8.31. The molecule has 1 N–H and O–H groups in total. The van der Waals surface area contributed by atoms with Crippen LogP contribution in [-0.2, 0) is 11.3 Å². The van der Waals surface area contributed by atoms with Gasteiger partial charge >= 0.3 is 0 Å². The number of carbonyl (C=O) groups is 1. The fraction of sp³-hybridized carbons (Fsp3) is 0.500. The quantitative estimate of drug-likeness (QED) is 0.842. The molecule has 2 rings (SSSR count). The zero-order valence-electron chi connectivity index (χ0n) is 10.6. The second kappa shape index (κ2) is 5.32. The summed E-state index contributed by atoms with van der Waals surface area (Å²) in [6.45, 7) is 6.53. The fourth-order valence-electron chi connectivity index (χ4n) is 2.25. The lowest BCUT2D eigenvalue weighted by Crippen LogP contribution is -2.41. The molecule has 17 heavy (non-hydrogen) atoms. The molecule has 92 valence electrons. The second-order valence-electron chi connectivity index (χ2n) is 4.78. The zero-order chi connectivity index (χ0) is 12.3. The number of nitrogens with zero attached hydrogens (tertiary/aromatic N) is 1. The smallest absolute Gasteiger partial charge is 0.239 e. The van der Waals surface area contributed by atoms with Crippen molar-refractivity contribution in [2.24, 2.45) is 0 Å². The average molecular weight is 232 g/mol.